The minimum absolute atomic E-state index is 0.310. The number of benzene rings is 1. The van der Waals surface area contributed by atoms with Gasteiger partial charge in [0, 0.05) is 7.05 Å². The lowest BCUT2D eigenvalue weighted by atomic mass is 10.2. The molecule has 1 heterocycles. The first-order valence-electron chi connectivity index (χ1n) is 4.67. The lowest BCUT2D eigenvalue weighted by Gasteiger charge is -2.04. The SMILES string of the molecule is Cn1cc(N)c(Oc2ccccc2C#N)n1. The molecule has 5 heteroatoms. The van der Waals surface area contributed by atoms with Crippen LogP contribution in [0.1, 0.15) is 5.56 Å². The van der Waals surface area contributed by atoms with E-state index in [1.54, 1.807) is 42.2 Å². The number of nitrogens with two attached hydrogens (primary N) is 1. The van der Waals surface area contributed by atoms with Crippen LogP contribution < -0.4 is 10.5 Å². The van der Waals surface area contributed by atoms with Crippen molar-refractivity contribution in [2.45, 2.75) is 0 Å². The molecule has 0 aliphatic heterocycles. The van der Waals surface area contributed by atoms with E-state index in [1.807, 2.05) is 6.07 Å². The normalized spacial score (nSPS) is 9.75. The van der Waals surface area contributed by atoms with Gasteiger partial charge in [0.15, 0.2) is 0 Å². The zero-order valence-electron chi connectivity index (χ0n) is 8.71. The van der Waals surface area contributed by atoms with E-state index in [0.717, 1.165) is 0 Å². The van der Waals surface area contributed by atoms with Crippen molar-refractivity contribution in [3.8, 4) is 17.7 Å². The van der Waals surface area contributed by atoms with Gasteiger partial charge in [0.05, 0.1) is 11.8 Å². The number of nitrogens with zero attached hydrogens (tertiary/aromatic N) is 3. The molecular formula is C11H10N4O. The Morgan fingerprint density at radius 2 is 2.19 bits per heavy atom. The zero-order chi connectivity index (χ0) is 11.5. The number of aromatic nitrogens is 2. The molecule has 2 N–H and O–H groups in total. The first kappa shape index (κ1) is 10.1. The van der Waals surface area contributed by atoms with Crippen molar-refractivity contribution in [3.05, 3.63) is 36.0 Å². The van der Waals surface area contributed by atoms with Crippen LogP contribution in [0.2, 0.25) is 0 Å². The molecule has 0 unspecified atom stereocenters. The van der Waals surface area contributed by atoms with Gasteiger partial charge < -0.3 is 10.5 Å². The monoisotopic (exact) mass is 214 g/mol. The molecule has 0 bridgehead atoms. The lowest BCUT2D eigenvalue weighted by Crippen LogP contribution is -1.92. The van der Waals surface area contributed by atoms with Crippen molar-refractivity contribution in [3.63, 3.8) is 0 Å². The van der Waals surface area contributed by atoms with E-state index in [0.29, 0.717) is 22.9 Å². The van der Waals surface area contributed by atoms with Gasteiger partial charge in [-0.25, -0.2) is 0 Å². The van der Waals surface area contributed by atoms with Crippen LogP contribution in [0, 0.1) is 11.3 Å². The van der Waals surface area contributed by atoms with Crippen LogP contribution in [-0.4, -0.2) is 9.78 Å². The van der Waals surface area contributed by atoms with Gasteiger partial charge in [0.1, 0.15) is 17.5 Å². The highest BCUT2D eigenvalue weighted by Crippen LogP contribution is 2.27. The Balaban J connectivity index is 2.34. The Morgan fingerprint density at radius 1 is 1.44 bits per heavy atom. The Hall–Kier alpha value is -2.48. The maximum atomic E-state index is 8.88. The maximum Gasteiger partial charge on any atom is 0.261 e. The van der Waals surface area contributed by atoms with Crippen molar-refractivity contribution in [1.82, 2.24) is 9.78 Å². The second-order valence-corrected chi connectivity index (χ2v) is 3.27. The molecule has 5 nitrogen and oxygen atoms in total. The van der Waals surface area contributed by atoms with E-state index in [1.165, 1.54) is 0 Å². The largest absolute Gasteiger partial charge is 0.435 e. The van der Waals surface area contributed by atoms with E-state index < -0.39 is 0 Å². The van der Waals surface area contributed by atoms with Gasteiger partial charge in [-0.3, -0.25) is 4.68 Å². The smallest absolute Gasteiger partial charge is 0.261 e. The fourth-order valence-corrected chi connectivity index (χ4v) is 1.32. The van der Waals surface area contributed by atoms with E-state index in [4.69, 9.17) is 15.7 Å². The number of ether oxygens (including phenoxy) is 1. The molecule has 0 aliphatic rings. The number of nitriles is 1. The second kappa shape index (κ2) is 3.95. The van der Waals surface area contributed by atoms with E-state index in [-0.39, 0.29) is 0 Å². The standard InChI is InChI=1S/C11H10N4O/c1-15-7-9(13)11(14-15)16-10-5-3-2-4-8(10)6-12/h2-5,7H,13H2,1H3. The number of para-hydroxylation sites is 1. The summed E-state index contributed by atoms with van der Waals surface area (Å²) in [6.45, 7) is 0. The molecule has 0 spiro atoms. The molecule has 1 aromatic heterocycles. The minimum atomic E-state index is 0.310. The molecule has 0 fully saturated rings. The highest BCUT2D eigenvalue weighted by Gasteiger charge is 2.09. The van der Waals surface area contributed by atoms with Crippen LogP contribution in [0.15, 0.2) is 30.5 Å². The number of hydrogen-bond donors (Lipinski definition) is 1. The molecule has 0 amide bonds. The maximum absolute atomic E-state index is 8.88. The van der Waals surface area contributed by atoms with E-state index in [9.17, 15) is 0 Å². The third kappa shape index (κ3) is 1.81. The minimum Gasteiger partial charge on any atom is -0.435 e. The van der Waals surface area contributed by atoms with Gasteiger partial charge in [0.2, 0.25) is 0 Å². The summed E-state index contributed by atoms with van der Waals surface area (Å²) < 4.78 is 7.03. The average Bonchev–Trinajstić information content (AvgIpc) is 2.58. The van der Waals surface area contributed by atoms with Crippen molar-refractivity contribution >= 4 is 5.69 Å². The van der Waals surface area contributed by atoms with Gasteiger partial charge in [-0.05, 0) is 12.1 Å². The Labute approximate surface area is 92.7 Å². The zero-order valence-corrected chi connectivity index (χ0v) is 8.71. The summed E-state index contributed by atoms with van der Waals surface area (Å²) in [5, 5.41) is 12.9. The van der Waals surface area contributed by atoms with Crippen molar-refractivity contribution < 1.29 is 4.74 Å². The number of hydrogen-bond acceptors (Lipinski definition) is 4. The summed E-state index contributed by atoms with van der Waals surface area (Å²) in [4.78, 5) is 0. The highest BCUT2D eigenvalue weighted by atomic mass is 16.5. The molecule has 0 atom stereocenters. The third-order valence-electron chi connectivity index (χ3n) is 2.04. The molecule has 0 saturated carbocycles. The van der Waals surface area contributed by atoms with Crippen LogP contribution in [0.5, 0.6) is 11.6 Å². The molecule has 0 saturated heterocycles. The number of rotatable bonds is 2. The predicted molar refractivity (Wildman–Crippen MR) is 58.9 cm³/mol. The third-order valence-corrected chi connectivity index (χ3v) is 2.04. The summed E-state index contributed by atoms with van der Waals surface area (Å²) in [7, 11) is 1.75. The first-order valence-corrected chi connectivity index (χ1v) is 4.67. The van der Waals surface area contributed by atoms with Crippen molar-refractivity contribution in [2.24, 2.45) is 7.05 Å². The van der Waals surface area contributed by atoms with Crippen LogP contribution in [0.25, 0.3) is 0 Å². The molecule has 2 rings (SSSR count). The topological polar surface area (TPSA) is 76.9 Å². The van der Waals surface area contributed by atoms with Gasteiger partial charge >= 0.3 is 0 Å². The number of anilines is 1. The Morgan fingerprint density at radius 3 is 2.81 bits per heavy atom. The number of aryl methyl sites for hydroxylation is 1. The lowest BCUT2D eigenvalue weighted by molar-refractivity contribution is 0.454. The molecular weight excluding hydrogens is 204 g/mol. The fourth-order valence-electron chi connectivity index (χ4n) is 1.32. The summed E-state index contributed by atoms with van der Waals surface area (Å²) >= 11 is 0. The second-order valence-electron chi connectivity index (χ2n) is 3.27. The van der Waals surface area contributed by atoms with Gasteiger partial charge in [-0.2, -0.15) is 5.26 Å². The summed E-state index contributed by atoms with van der Waals surface area (Å²) in [6.07, 6.45) is 1.64. The van der Waals surface area contributed by atoms with Crippen LogP contribution >= 0.6 is 0 Å². The summed E-state index contributed by atoms with van der Waals surface area (Å²) in [5.41, 5.74) is 6.58. The van der Waals surface area contributed by atoms with E-state index >= 15 is 0 Å². The predicted octanol–water partition coefficient (Wildman–Crippen LogP) is 1.67. The van der Waals surface area contributed by atoms with Crippen LogP contribution in [0.4, 0.5) is 5.69 Å². The van der Waals surface area contributed by atoms with Crippen molar-refractivity contribution in [2.75, 3.05) is 5.73 Å². The highest BCUT2D eigenvalue weighted by molar-refractivity contribution is 5.50. The fraction of sp³-hybridized carbons (Fsp3) is 0.0909. The van der Waals surface area contributed by atoms with Crippen molar-refractivity contribution in [1.29, 1.82) is 5.26 Å². The number of nitrogen functional groups attached to an aromatic ring is 1. The van der Waals surface area contributed by atoms with Crippen LogP contribution in [0.3, 0.4) is 0 Å². The molecule has 80 valence electrons. The quantitative estimate of drug-likeness (QED) is 0.824. The summed E-state index contributed by atoms with van der Waals surface area (Å²) in [5.74, 6) is 0.764. The molecule has 0 radical (unpaired) electrons. The van der Waals surface area contributed by atoms with Gasteiger partial charge in [0.25, 0.3) is 5.88 Å². The van der Waals surface area contributed by atoms with Gasteiger partial charge in [-0.1, -0.05) is 12.1 Å². The van der Waals surface area contributed by atoms with Gasteiger partial charge in [-0.15, -0.1) is 5.10 Å². The summed E-state index contributed by atoms with van der Waals surface area (Å²) in [6, 6.07) is 8.98. The average molecular weight is 214 g/mol. The molecule has 1 aromatic carbocycles. The molecule has 16 heavy (non-hydrogen) atoms. The molecule has 2 aromatic rings. The first-order chi connectivity index (χ1) is 7.70. The van der Waals surface area contributed by atoms with E-state index in [2.05, 4.69) is 5.10 Å². The van der Waals surface area contributed by atoms with Crippen LogP contribution in [-0.2, 0) is 7.05 Å². The molecule has 0 aliphatic carbocycles. The Kier molecular flexibility index (Phi) is 2.48. The Bertz CT molecular complexity index is 553.